The number of nitrogens with zero attached hydrogens (tertiary/aromatic N) is 2. The first-order valence-electron chi connectivity index (χ1n) is 8.61. The van der Waals surface area contributed by atoms with Crippen molar-refractivity contribution in [3.05, 3.63) is 33.9 Å². The van der Waals surface area contributed by atoms with Crippen LogP contribution in [0.1, 0.15) is 18.4 Å². The molecule has 0 radical (unpaired) electrons. The lowest BCUT2D eigenvalue weighted by Gasteiger charge is -2.32. The molecule has 11 heteroatoms. The van der Waals surface area contributed by atoms with Gasteiger partial charge in [0.25, 0.3) is 11.6 Å². The van der Waals surface area contributed by atoms with Crippen molar-refractivity contribution < 1.29 is 32.4 Å². The molecule has 0 spiro atoms. The Balaban J connectivity index is 1.98. The summed E-state index contributed by atoms with van der Waals surface area (Å²) < 4.78 is 43.4. The predicted molar refractivity (Wildman–Crippen MR) is 95.8 cm³/mol. The number of piperidine rings is 1. The first-order valence-corrected chi connectivity index (χ1v) is 8.61. The maximum absolute atomic E-state index is 12.8. The van der Waals surface area contributed by atoms with E-state index in [9.17, 15) is 32.9 Å². The standard InChI is InChI=1S/C18H18F3N3O5/c1-2-7-22-16(25)11-29-17(26)12-5-8-23(9-6-12)14-4-3-13(18(19,20)21)10-15(14)24(27)28/h1,3-4,10,12H,5-9,11H2,(H,22,25). The van der Waals surface area contributed by atoms with Gasteiger partial charge in [0.1, 0.15) is 5.69 Å². The van der Waals surface area contributed by atoms with Crippen molar-refractivity contribution in [1.82, 2.24) is 5.32 Å². The molecule has 1 aromatic rings. The molecule has 1 fully saturated rings. The Bertz CT molecular complexity index is 827. The van der Waals surface area contributed by atoms with Gasteiger partial charge < -0.3 is 15.0 Å². The fourth-order valence-corrected chi connectivity index (χ4v) is 2.92. The van der Waals surface area contributed by atoms with Gasteiger partial charge in [-0.05, 0) is 25.0 Å². The summed E-state index contributed by atoms with van der Waals surface area (Å²) in [4.78, 5) is 35.4. The fraction of sp³-hybridized carbons (Fsp3) is 0.444. The first-order chi connectivity index (χ1) is 13.6. The minimum Gasteiger partial charge on any atom is -0.455 e. The molecule has 1 N–H and O–H groups in total. The molecule has 0 unspecified atom stereocenters. The van der Waals surface area contributed by atoms with Gasteiger partial charge in [-0.25, -0.2) is 0 Å². The van der Waals surface area contributed by atoms with Crippen molar-refractivity contribution >= 4 is 23.3 Å². The Hall–Kier alpha value is -3.29. The highest BCUT2D eigenvalue weighted by atomic mass is 19.4. The summed E-state index contributed by atoms with van der Waals surface area (Å²) in [6.07, 6.45) is 0.868. The second kappa shape index (κ2) is 9.27. The van der Waals surface area contributed by atoms with E-state index in [0.29, 0.717) is 6.07 Å². The van der Waals surface area contributed by atoms with Crippen LogP contribution in [-0.2, 0) is 20.5 Å². The largest absolute Gasteiger partial charge is 0.455 e. The van der Waals surface area contributed by atoms with Gasteiger partial charge in [-0.2, -0.15) is 13.2 Å². The summed E-state index contributed by atoms with van der Waals surface area (Å²) in [7, 11) is 0. The number of carbonyl (C=O) groups is 2. The predicted octanol–water partition coefficient (Wildman–Crippen LogP) is 2.12. The van der Waals surface area contributed by atoms with Crippen molar-refractivity contribution in [3.8, 4) is 12.3 Å². The van der Waals surface area contributed by atoms with Gasteiger partial charge in [0, 0.05) is 19.2 Å². The van der Waals surface area contributed by atoms with Crippen LogP contribution in [0.15, 0.2) is 18.2 Å². The Morgan fingerprint density at radius 2 is 2.00 bits per heavy atom. The average molecular weight is 413 g/mol. The van der Waals surface area contributed by atoms with Crippen LogP contribution in [0.2, 0.25) is 0 Å². The molecule has 1 aliphatic heterocycles. The molecule has 29 heavy (non-hydrogen) atoms. The molecular formula is C18H18F3N3O5. The monoisotopic (exact) mass is 413 g/mol. The van der Waals surface area contributed by atoms with Gasteiger partial charge in [0.2, 0.25) is 0 Å². The molecule has 0 bridgehead atoms. The number of ether oxygens (including phenoxy) is 1. The number of terminal acetylenes is 1. The minimum absolute atomic E-state index is 0.0146. The molecule has 8 nitrogen and oxygen atoms in total. The zero-order valence-electron chi connectivity index (χ0n) is 15.2. The summed E-state index contributed by atoms with van der Waals surface area (Å²) in [5.74, 6) is 0.578. The maximum atomic E-state index is 12.8. The van der Waals surface area contributed by atoms with Crippen LogP contribution in [0.4, 0.5) is 24.5 Å². The van der Waals surface area contributed by atoms with Crippen LogP contribution in [0.25, 0.3) is 0 Å². The van der Waals surface area contributed by atoms with Crippen molar-refractivity contribution in [1.29, 1.82) is 0 Å². The quantitative estimate of drug-likeness (QED) is 0.332. The van der Waals surface area contributed by atoms with Gasteiger partial charge in [0.15, 0.2) is 6.61 Å². The third-order valence-electron chi connectivity index (χ3n) is 4.40. The molecule has 0 aliphatic carbocycles. The van der Waals surface area contributed by atoms with Crippen molar-refractivity contribution in [2.24, 2.45) is 5.92 Å². The third kappa shape index (κ3) is 5.84. The lowest BCUT2D eigenvalue weighted by Crippen LogP contribution is -2.38. The SMILES string of the molecule is C#CCNC(=O)COC(=O)C1CCN(c2ccc(C(F)(F)F)cc2[N+](=O)[O-])CC1. The van der Waals surface area contributed by atoms with Crippen LogP contribution in [0, 0.1) is 28.4 Å². The van der Waals surface area contributed by atoms with E-state index in [-0.39, 0.29) is 38.2 Å². The summed E-state index contributed by atoms with van der Waals surface area (Å²) in [5, 5.41) is 13.6. The molecule has 1 aromatic carbocycles. The number of carbonyl (C=O) groups excluding carboxylic acids is 2. The Morgan fingerprint density at radius 1 is 1.34 bits per heavy atom. The first kappa shape index (κ1) is 22.0. The number of alkyl halides is 3. The minimum atomic E-state index is -4.69. The van der Waals surface area contributed by atoms with Gasteiger partial charge in [0.05, 0.1) is 22.9 Å². The molecule has 1 amide bonds. The van der Waals surface area contributed by atoms with Gasteiger partial charge >= 0.3 is 12.1 Å². The zero-order chi connectivity index (χ0) is 21.6. The zero-order valence-corrected chi connectivity index (χ0v) is 15.2. The normalized spacial score (nSPS) is 14.8. The van der Waals surface area contributed by atoms with E-state index in [0.717, 1.165) is 12.1 Å². The van der Waals surface area contributed by atoms with E-state index in [1.165, 1.54) is 0 Å². The highest BCUT2D eigenvalue weighted by Gasteiger charge is 2.35. The molecule has 2 rings (SSSR count). The van der Waals surface area contributed by atoms with Crippen LogP contribution < -0.4 is 10.2 Å². The van der Waals surface area contributed by atoms with E-state index >= 15 is 0 Å². The van der Waals surface area contributed by atoms with Crippen LogP contribution in [-0.4, -0.2) is 43.0 Å². The number of amides is 1. The average Bonchev–Trinajstić information content (AvgIpc) is 2.69. The second-order valence-electron chi connectivity index (χ2n) is 6.31. The van der Waals surface area contributed by atoms with Crippen LogP contribution >= 0.6 is 0 Å². The second-order valence-corrected chi connectivity index (χ2v) is 6.31. The number of esters is 1. The van der Waals surface area contributed by atoms with Crippen molar-refractivity contribution in [3.63, 3.8) is 0 Å². The number of halogens is 3. The van der Waals surface area contributed by atoms with Crippen molar-refractivity contribution in [2.45, 2.75) is 19.0 Å². The number of nitro groups is 1. The number of hydrogen-bond acceptors (Lipinski definition) is 6. The Kier molecular flexibility index (Phi) is 7.03. The summed E-state index contributed by atoms with van der Waals surface area (Å²) >= 11 is 0. The van der Waals surface area contributed by atoms with E-state index in [2.05, 4.69) is 11.2 Å². The Morgan fingerprint density at radius 3 is 2.55 bits per heavy atom. The van der Waals surface area contributed by atoms with E-state index in [4.69, 9.17) is 11.2 Å². The van der Waals surface area contributed by atoms with E-state index in [1.54, 1.807) is 4.90 Å². The molecule has 0 atom stereocenters. The number of nitro benzene ring substituents is 1. The molecule has 1 aliphatic rings. The van der Waals surface area contributed by atoms with Gasteiger partial charge in [-0.1, -0.05) is 5.92 Å². The highest BCUT2D eigenvalue weighted by Crippen LogP contribution is 2.37. The molecular weight excluding hydrogens is 395 g/mol. The number of hydrogen-bond donors (Lipinski definition) is 1. The number of anilines is 1. The smallest absolute Gasteiger partial charge is 0.416 e. The fourth-order valence-electron chi connectivity index (χ4n) is 2.92. The van der Waals surface area contributed by atoms with E-state index < -0.39 is 46.8 Å². The van der Waals surface area contributed by atoms with Crippen molar-refractivity contribution in [2.75, 3.05) is 31.1 Å². The third-order valence-corrected chi connectivity index (χ3v) is 4.40. The van der Waals surface area contributed by atoms with Gasteiger partial charge in [-0.15, -0.1) is 6.42 Å². The molecule has 1 heterocycles. The lowest BCUT2D eigenvalue weighted by molar-refractivity contribution is -0.384. The van der Waals surface area contributed by atoms with Crippen LogP contribution in [0.5, 0.6) is 0 Å². The maximum Gasteiger partial charge on any atom is 0.416 e. The summed E-state index contributed by atoms with van der Waals surface area (Å²) in [6, 6.07) is 2.36. The lowest BCUT2D eigenvalue weighted by atomic mass is 9.96. The number of nitrogens with one attached hydrogen (secondary N) is 1. The molecule has 0 aromatic heterocycles. The number of rotatable bonds is 6. The summed E-state index contributed by atoms with van der Waals surface area (Å²) in [5.41, 5.74) is -1.69. The van der Waals surface area contributed by atoms with E-state index in [1.807, 2.05) is 0 Å². The Labute approximate surface area is 164 Å². The molecule has 1 saturated heterocycles. The van der Waals surface area contributed by atoms with Gasteiger partial charge in [-0.3, -0.25) is 19.7 Å². The summed E-state index contributed by atoms with van der Waals surface area (Å²) in [6.45, 7) is -0.0176. The van der Waals surface area contributed by atoms with Crippen LogP contribution in [0.3, 0.4) is 0 Å². The topological polar surface area (TPSA) is 102 Å². The highest BCUT2D eigenvalue weighted by molar-refractivity contribution is 5.81. The molecule has 156 valence electrons. The number of benzene rings is 1. The molecule has 0 saturated carbocycles.